The quantitative estimate of drug-likeness (QED) is 0.568. The van der Waals surface area contributed by atoms with E-state index in [1.54, 1.807) is 0 Å². The number of fused-ring (bicyclic) bond motifs is 3. The van der Waals surface area contributed by atoms with Crippen LogP contribution < -0.4 is 0 Å². The molecule has 0 aromatic rings. The summed E-state index contributed by atoms with van der Waals surface area (Å²) in [6, 6.07) is 0. The number of hydrogen-bond donors (Lipinski definition) is 1. The normalized spacial score (nSPS) is 45.0. The molecule has 1 nitrogen and oxygen atoms in total. The maximum Gasteiger partial charge on any atom is 0.0545 e. The van der Waals surface area contributed by atoms with Crippen molar-refractivity contribution in [2.24, 2.45) is 11.8 Å². The maximum absolute atomic E-state index is 9.60. The predicted molar refractivity (Wildman–Crippen MR) is 45.3 cm³/mol. The third-order valence-electron chi connectivity index (χ3n) is 3.42. The van der Waals surface area contributed by atoms with Crippen LogP contribution in [0, 0.1) is 11.8 Å². The minimum Gasteiger partial charge on any atom is -0.393 e. The molecule has 3 atom stereocenters. The summed E-state index contributed by atoms with van der Waals surface area (Å²) in [5, 5.41) is 9.60. The van der Waals surface area contributed by atoms with Gasteiger partial charge in [0.05, 0.1) is 6.10 Å². The molecule has 0 saturated heterocycles. The van der Waals surface area contributed by atoms with Crippen LogP contribution >= 0.6 is 0 Å². The highest BCUT2D eigenvalue weighted by molar-refractivity contribution is 4.79. The fourth-order valence-corrected chi connectivity index (χ4v) is 2.79. The van der Waals surface area contributed by atoms with E-state index in [9.17, 15) is 5.11 Å². The van der Waals surface area contributed by atoms with Crippen LogP contribution in [0.5, 0.6) is 0 Å². The van der Waals surface area contributed by atoms with Crippen molar-refractivity contribution >= 4 is 0 Å². The van der Waals surface area contributed by atoms with Gasteiger partial charge in [0, 0.05) is 0 Å². The van der Waals surface area contributed by atoms with Crippen LogP contribution in [0.15, 0.2) is 0 Å². The third-order valence-corrected chi connectivity index (χ3v) is 3.42. The molecule has 1 unspecified atom stereocenters. The lowest BCUT2D eigenvalue weighted by Crippen LogP contribution is -2.15. The SMILES string of the molecule is OC1C[C@@H]2CCC[C@@H](CC2)C1. The molecule has 2 fully saturated rings. The second-order valence-electron chi connectivity index (χ2n) is 4.37. The second kappa shape index (κ2) is 3.14. The number of aliphatic hydroxyl groups is 1. The fourth-order valence-electron chi connectivity index (χ4n) is 2.79. The Balaban J connectivity index is 2.04. The van der Waals surface area contributed by atoms with Gasteiger partial charge in [0.1, 0.15) is 0 Å². The Kier molecular flexibility index (Phi) is 2.17. The zero-order valence-electron chi connectivity index (χ0n) is 7.13. The highest BCUT2D eigenvalue weighted by atomic mass is 16.3. The Morgan fingerprint density at radius 2 is 1.36 bits per heavy atom. The lowest BCUT2D eigenvalue weighted by atomic mass is 9.90. The first-order valence-corrected chi connectivity index (χ1v) is 5.02. The van der Waals surface area contributed by atoms with Gasteiger partial charge in [-0.1, -0.05) is 32.1 Å². The summed E-state index contributed by atoms with van der Waals surface area (Å²) >= 11 is 0. The number of hydrogen-bond acceptors (Lipinski definition) is 1. The molecule has 0 aromatic heterocycles. The van der Waals surface area contributed by atoms with Gasteiger partial charge in [-0.05, 0) is 24.7 Å². The molecule has 0 spiro atoms. The average molecular weight is 154 g/mol. The van der Waals surface area contributed by atoms with E-state index in [1.807, 2.05) is 0 Å². The molecular weight excluding hydrogens is 136 g/mol. The van der Waals surface area contributed by atoms with Crippen LogP contribution in [-0.4, -0.2) is 11.2 Å². The van der Waals surface area contributed by atoms with Gasteiger partial charge in [-0.2, -0.15) is 0 Å². The van der Waals surface area contributed by atoms with E-state index in [4.69, 9.17) is 0 Å². The summed E-state index contributed by atoms with van der Waals surface area (Å²) < 4.78 is 0. The molecule has 2 rings (SSSR count). The monoisotopic (exact) mass is 154 g/mol. The van der Waals surface area contributed by atoms with Gasteiger partial charge in [-0.15, -0.1) is 0 Å². The van der Waals surface area contributed by atoms with Crippen molar-refractivity contribution in [2.75, 3.05) is 0 Å². The summed E-state index contributed by atoms with van der Waals surface area (Å²) in [4.78, 5) is 0. The maximum atomic E-state index is 9.60. The molecular formula is C10H18O. The van der Waals surface area contributed by atoms with Crippen molar-refractivity contribution < 1.29 is 5.11 Å². The summed E-state index contributed by atoms with van der Waals surface area (Å²) in [5.74, 6) is 1.72. The van der Waals surface area contributed by atoms with Crippen molar-refractivity contribution in [2.45, 2.75) is 51.0 Å². The van der Waals surface area contributed by atoms with Crippen LogP contribution in [0.4, 0.5) is 0 Å². The zero-order valence-corrected chi connectivity index (χ0v) is 7.13. The van der Waals surface area contributed by atoms with E-state index in [-0.39, 0.29) is 6.10 Å². The minimum absolute atomic E-state index is 0.0350. The molecule has 2 saturated carbocycles. The minimum atomic E-state index is 0.0350. The molecule has 1 N–H and O–H groups in total. The topological polar surface area (TPSA) is 20.2 Å². The summed E-state index contributed by atoms with van der Waals surface area (Å²) in [6.07, 6.45) is 9.19. The first-order valence-electron chi connectivity index (χ1n) is 5.02. The Hall–Kier alpha value is -0.0400. The van der Waals surface area contributed by atoms with E-state index < -0.39 is 0 Å². The highest BCUT2D eigenvalue weighted by Gasteiger charge is 2.27. The second-order valence-corrected chi connectivity index (χ2v) is 4.37. The van der Waals surface area contributed by atoms with Gasteiger partial charge >= 0.3 is 0 Å². The van der Waals surface area contributed by atoms with Crippen LogP contribution in [0.25, 0.3) is 0 Å². The van der Waals surface area contributed by atoms with Crippen LogP contribution in [0.2, 0.25) is 0 Å². The van der Waals surface area contributed by atoms with Crippen molar-refractivity contribution in [3.05, 3.63) is 0 Å². The van der Waals surface area contributed by atoms with E-state index in [2.05, 4.69) is 0 Å². The van der Waals surface area contributed by atoms with Gasteiger partial charge in [0.2, 0.25) is 0 Å². The molecule has 11 heavy (non-hydrogen) atoms. The standard InChI is InChI=1S/C10H18O/c11-10-6-8-2-1-3-9(7-10)5-4-8/h8-11H,1-7H2/t8-,9+,10?. The molecule has 0 aromatic carbocycles. The van der Waals surface area contributed by atoms with Gasteiger partial charge in [-0.25, -0.2) is 0 Å². The lowest BCUT2D eigenvalue weighted by Gasteiger charge is -2.19. The van der Waals surface area contributed by atoms with E-state index in [1.165, 1.54) is 32.1 Å². The van der Waals surface area contributed by atoms with Crippen LogP contribution in [-0.2, 0) is 0 Å². The average Bonchev–Trinajstić information content (AvgIpc) is 2.19. The van der Waals surface area contributed by atoms with Crippen LogP contribution in [0.3, 0.4) is 0 Å². The van der Waals surface area contributed by atoms with E-state index in [0.29, 0.717) is 0 Å². The molecule has 0 radical (unpaired) electrons. The van der Waals surface area contributed by atoms with Gasteiger partial charge in [-0.3, -0.25) is 0 Å². The first-order chi connectivity index (χ1) is 5.34. The highest BCUT2D eigenvalue weighted by Crippen LogP contribution is 2.36. The predicted octanol–water partition coefficient (Wildman–Crippen LogP) is 2.34. The Morgan fingerprint density at radius 3 is 1.91 bits per heavy atom. The van der Waals surface area contributed by atoms with Crippen molar-refractivity contribution in [1.29, 1.82) is 0 Å². The molecule has 0 amide bonds. The van der Waals surface area contributed by atoms with E-state index in [0.717, 1.165) is 24.7 Å². The first kappa shape index (κ1) is 7.60. The van der Waals surface area contributed by atoms with Gasteiger partial charge in [0.15, 0.2) is 0 Å². The Bertz CT molecular complexity index is 119. The Morgan fingerprint density at radius 1 is 0.818 bits per heavy atom. The third kappa shape index (κ3) is 1.76. The number of aliphatic hydroxyl groups excluding tert-OH is 1. The Labute approximate surface area is 68.8 Å². The number of rotatable bonds is 0. The van der Waals surface area contributed by atoms with Crippen LogP contribution in [0.1, 0.15) is 44.9 Å². The smallest absolute Gasteiger partial charge is 0.0545 e. The van der Waals surface area contributed by atoms with Gasteiger partial charge in [0.25, 0.3) is 0 Å². The molecule has 1 heteroatoms. The zero-order chi connectivity index (χ0) is 7.68. The molecule has 0 heterocycles. The van der Waals surface area contributed by atoms with Gasteiger partial charge < -0.3 is 5.11 Å². The van der Waals surface area contributed by atoms with E-state index >= 15 is 0 Å². The lowest BCUT2D eigenvalue weighted by molar-refractivity contribution is 0.117. The molecule has 2 aliphatic rings. The molecule has 2 aliphatic carbocycles. The molecule has 64 valence electrons. The fraction of sp³-hybridized carbons (Fsp3) is 1.00. The van der Waals surface area contributed by atoms with Crippen molar-refractivity contribution in [3.63, 3.8) is 0 Å². The van der Waals surface area contributed by atoms with Crippen molar-refractivity contribution in [3.8, 4) is 0 Å². The molecule has 0 aliphatic heterocycles. The molecule has 2 bridgehead atoms. The van der Waals surface area contributed by atoms with Crippen molar-refractivity contribution in [1.82, 2.24) is 0 Å². The summed E-state index contributed by atoms with van der Waals surface area (Å²) in [6.45, 7) is 0. The largest absolute Gasteiger partial charge is 0.393 e. The summed E-state index contributed by atoms with van der Waals surface area (Å²) in [5.41, 5.74) is 0. The summed E-state index contributed by atoms with van der Waals surface area (Å²) in [7, 11) is 0.